The fourth-order valence-corrected chi connectivity index (χ4v) is 4.25. The third kappa shape index (κ3) is 2.73. The molecule has 0 aromatic heterocycles. The molecule has 4 rings (SSSR count). The van der Waals surface area contributed by atoms with E-state index in [-0.39, 0.29) is 5.78 Å². The molecule has 3 aliphatic heterocycles. The summed E-state index contributed by atoms with van der Waals surface area (Å²) in [4.78, 5) is 49.0. The number of rotatable bonds is 3. The first-order valence-electron chi connectivity index (χ1n) is 9.65. The zero-order chi connectivity index (χ0) is 21.2. The largest absolute Gasteiger partial charge is 0.328 e. The molecule has 1 aromatic carbocycles. The van der Waals surface area contributed by atoms with Crippen molar-refractivity contribution in [3.05, 3.63) is 41.2 Å². The molecule has 8 heteroatoms. The number of anilines is 1. The Balaban J connectivity index is 1.75. The van der Waals surface area contributed by atoms with Gasteiger partial charge in [-0.25, -0.2) is 9.79 Å². The van der Waals surface area contributed by atoms with E-state index in [1.54, 1.807) is 14.0 Å². The van der Waals surface area contributed by atoms with Crippen LogP contribution in [0.3, 0.4) is 0 Å². The number of benzene rings is 1. The molecule has 8 nitrogen and oxygen atoms in total. The number of urea groups is 1. The second-order valence-corrected chi connectivity index (χ2v) is 8.03. The van der Waals surface area contributed by atoms with Gasteiger partial charge in [0.05, 0.1) is 6.04 Å². The van der Waals surface area contributed by atoms with Crippen LogP contribution in [-0.2, 0) is 9.59 Å². The molecule has 0 radical (unpaired) electrons. The molecule has 0 spiro atoms. The van der Waals surface area contributed by atoms with E-state index in [1.807, 2.05) is 36.8 Å². The van der Waals surface area contributed by atoms with E-state index in [1.165, 1.54) is 11.8 Å². The molecule has 1 saturated heterocycles. The van der Waals surface area contributed by atoms with E-state index >= 15 is 0 Å². The van der Waals surface area contributed by atoms with Crippen molar-refractivity contribution in [1.29, 1.82) is 0 Å². The number of allylic oxidation sites excluding steroid dienone is 1. The lowest BCUT2D eigenvalue weighted by Crippen LogP contribution is -2.66. The zero-order valence-corrected chi connectivity index (χ0v) is 17.5. The van der Waals surface area contributed by atoms with Crippen LogP contribution in [0.25, 0.3) is 0 Å². The summed E-state index contributed by atoms with van der Waals surface area (Å²) in [7, 11) is 1.62. The predicted octanol–water partition coefficient (Wildman–Crippen LogP) is 2.22. The van der Waals surface area contributed by atoms with Crippen LogP contribution in [0.4, 0.5) is 10.5 Å². The number of likely N-dealkylation sites (N-methyl/N-ethyl adjacent to an activating group) is 1. The highest BCUT2D eigenvalue weighted by molar-refractivity contribution is 6.11. The summed E-state index contributed by atoms with van der Waals surface area (Å²) >= 11 is 0. The Morgan fingerprint density at radius 3 is 2.31 bits per heavy atom. The molecule has 152 valence electrons. The van der Waals surface area contributed by atoms with Crippen molar-refractivity contribution >= 4 is 29.4 Å². The topological polar surface area (TPSA) is 76.5 Å². The number of hydrogen-bond acceptors (Lipinski definition) is 6. The molecular formula is C21H25N5O3. The number of fused-ring (bicyclic) bond motifs is 3. The Morgan fingerprint density at radius 1 is 1.10 bits per heavy atom. The van der Waals surface area contributed by atoms with E-state index in [4.69, 9.17) is 4.99 Å². The number of nitrogens with zero attached hydrogens (tertiary/aromatic N) is 5. The number of guanidine groups is 1. The van der Waals surface area contributed by atoms with Crippen LogP contribution in [-0.4, -0.2) is 63.7 Å². The molecule has 0 aliphatic carbocycles. The lowest BCUT2D eigenvalue weighted by Gasteiger charge is -2.41. The van der Waals surface area contributed by atoms with Crippen LogP contribution in [0, 0.1) is 13.8 Å². The second-order valence-electron chi connectivity index (χ2n) is 8.03. The van der Waals surface area contributed by atoms with Gasteiger partial charge in [0.15, 0.2) is 18.0 Å². The molecular weight excluding hydrogens is 370 g/mol. The van der Waals surface area contributed by atoms with Crippen LogP contribution in [0.5, 0.6) is 0 Å². The smallest absolute Gasteiger partial charge is 0.302 e. The SMILES string of the molecule is CC(=O)C(C)N1C(=O)C2C(N=C3N(c4cc(C)cc(C)c4)C(C)=CN32)N(C)C1=O. The molecule has 3 unspecified atom stereocenters. The number of Topliss-reactive ketones (excluding diaryl/α,β-unsaturated/α-hetero) is 1. The standard InChI is InChI=1S/C21H25N5O3/c1-11-7-12(2)9-16(8-11)25-13(3)10-24-17-18(22-20(24)25)23(6)21(29)26(19(17)28)14(4)15(5)27/h7-10,14,17-18H,1-6H3. The Bertz CT molecular complexity index is 978. The molecule has 29 heavy (non-hydrogen) atoms. The van der Waals surface area contributed by atoms with Gasteiger partial charge in [-0.2, -0.15) is 0 Å². The maximum atomic E-state index is 13.3. The third-order valence-electron chi connectivity index (χ3n) is 5.77. The third-order valence-corrected chi connectivity index (χ3v) is 5.77. The van der Waals surface area contributed by atoms with Gasteiger partial charge in [-0.15, -0.1) is 0 Å². The maximum absolute atomic E-state index is 13.3. The number of hydrogen-bond donors (Lipinski definition) is 0. The van der Waals surface area contributed by atoms with Crippen molar-refractivity contribution in [2.75, 3.05) is 11.9 Å². The van der Waals surface area contributed by atoms with E-state index in [0.29, 0.717) is 5.96 Å². The summed E-state index contributed by atoms with van der Waals surface area (Å²) in [5, 5.41) is 0. The van der Waals surface area contributed by atoms with Gasteiger partial charge in [0.2, 0.25) is 5.96 Å². The lowest BCUT2D eigenvalue weighted by atomic mass is 10.1. The summed E-state index contributed by atoms with van der Waals surface area (Å²) in [6.45, 7) is 9.00. The minimum Gasteiger partial charge on any atom is -0.302 e. The molecule has 3 amide bonds. The minimum absolute atomic E-state index is 0.234. The normalized spacial score (nSPS) is 24.5. The molecule has 0 N–H and O–H groups in total. The predicted molar refractivity (Wildman–Crippen MR) is 109 cm³/mol. The number of amides is 3. The average Bonchev–Trinajstić information content (AvgIpc) is 3.13. The van der Waals surface area contributed by atoms with Crippen molar-refractivity contribution in [1.82, 2.24) is 14.7 Å². The number of ketones is 1. The van der Waals surface area contributed by atoms with E-state index in [0.717, 1.165) is 27.4 Å². The number of imide groups is 1. The van der Waals surface area contributed by atoms with Crippen molar-refractivity contribution < 1.29 is 14.4 Å². The number of aryl methyl sites for hydroxylation is 2. The van der Waals surface area contributed by atoms with Crippen molar-refractivity contribution in [2.24, 2.45) is 4.99 Å². The Kier molecular flexibility index (Phi) is 4.25. The monoisotopic (exact) mass is 395 g/mol. The molecule has 1 fully saturated rings. The van der Waals surface area contributed by atoms with Gasteiger partial charge < -0.3 is 9.80 Å². The zero-order valence-electron chi connectivity index (χ0n) is 17.5. The van der Waals surface area contributed by atoms with Gasteiger partial charge in [-0.05, 0) is 57.9 Å². The first-order chi connectivity index (χ1) is 13.6. The van der Waals surface area contributed by atoms with Crippen LogP contribution in [0.2, 0.25) is 0 Å². The summed E-state index contributed by atoms with van der Waals surface area (Å²) in [6, 6.07) is 4.25. The molecule has 0 saturated carbocycles. The highest BCUT2D eigenvalue weighted by Crippen LogP contribution is 2.37. The highest BCUT2D eigenvalue weighted by Gasteiger charge is 2.55. The fraction of sp³-hybridized carbons (Fsp3) is 0.429. The second kappa shape index (κ2) is 6.43. The molecule has 1 aromatic rings. The van der Waals surface area contributed by atoms with Crippen LogP contribution >= 0.6 is 0 Å². The van der Waals surface area contributed by atoms with Crippen molar-refractivity contribution in [3.63, 3.8) is 0 Å². The van der Waals surface area contributed by atoms with Gasteiger partial charge in [0.1, 0.15) is 0 Å². The Labute approximate surface area is 170 Å². The van der Waals surface area contributed by atoms with E-state index < -0.39 is 30.2 Å². The number of carbonyl (C=O) groups is 3. The van der Waals surface area contributed by atoms with E-state index in [2.05, 4.69) is 18.2 Å². The van der Waals surface area contributed by atoms with Crippen LogP contribution in [0.15, 0.2) is 35.1 Å². The van der Waals surface area contributed by atoms with Gasteiger partial charge in [-0.1, -0.05) is 6.07 Å². The molecule has 3 atom stereocenters. The average molecular weight is 395 g/mol. The lowest BCUT2D eigenvalue weighted by molar-refractivity contribution is -0.142. The Hall–Kier alpha value is -3.16. The van der Waals surface area contributed by atoms with E-state index in [9.17, 15) is 14.4 Å². The molecule has 3 heterocycles. The van der Waals surface area contributed by atoms with Gasteiger partial charge in [-0.3, -0.25) is 19.4 Å². The first kappa shape index (κ1) is 19.2. The van der Waals surface area contributed by atoms with Crippen molar-refractivity contribution in [2.45, 2.75) is 52.9 Å². The molecule has 3 aliphatic rings. The van der Waals surface area contributed by atoms with Gasteiger partial charge in [0.25, 0.3) is 5.91 Å². The quantitative estimate of drug-likeness (QED) is 0.784. The van der Waals surface area contributed by atoms with Crippen LogP contribution < -0.4 is 4.90 Å². The molecule has 0 bridgehead atoms. The van der Waals surface area contributed by atoms with Crippen LogP contribution in [0.1, 0.15) is 31.9 Å². The highest BCUT2D eigenvalue weighted by atomic mass is 16.2. The maximum Gasteiger partial charge on any atom is 0.328 e. The fourth-order valence-electron chi connectivity index (χ4n) is 4.25. The van der Waals surface area contributed by atoms with Gasteiger partial charge in [0, 0.05) is 24.6 Å². The number of carbonyl (C=O) groups excluding carboxylic acids is 3. The first-order valence-corrected chi connectivity index (χ1v) is 9.65. The van der Waals surface area contributed by atoms with Crippen molar-refractivity contribution in [3.8, 4) is 0 Å². The Morgan fingerprint density at radius 2 is 1.72 bits per heavy atom. The summed E-state index contributed by atoms with van der Waals surface area (Å²) in [5.41, 5.74) is 4.16. The minimum atomic E-state index is -0.814. The summed E-state index contributed by atoms with van der Waals surface area (Å²) in [6.07, 6.45) is 1.26. The summed E-state index contributed by atoms with van der Waals surface area (Å²) < 4.78 is 0. The summed E-state index contributed by atoms with van der Waals surface area (Å²) in [5.74, 6) is -0.0126. The van der Waals surface area contributed by atoms with Gasteiger partial charge >= 0.3 is 6.03 Å². The number of aliphatic imine (C=N–C) groups is 1.